The van der Waals surface area contributed by atoms with E-state index in [9.17, 15) is 4.79 Å². The predicted octanol–water partition coefficient (Wildman–Crippen LogP) is 5.81. The smallest absolute Gasteiger partial charge is 0.196 e. The summed E-state index contributed by atoms with van der Waals surface area (Å²) in [6.45, 7) is 10.8. The molecule has 6 nitrogen and oxygen atoms in total. The zero-order valence-electron chi connectivity index (χ0n) is 21.0. The third-order valence-electron chi connectivity index (χ3n) is 8.03. The van der Waals surface area contributed by atoms with E-state index in [1.165, 1.54) is 45.2 Å². The number of piperidine rings is 1. The molecule has 3 aliphatic rings. The van der Waals surface area contributed by atoms with Crippen LogP contribution < -0.4 is 10.2 Å². The van der Waals surface area contributed by atoms with Crippen molar-refractivity contribution in [3.8, 4) is 11.3 Å². The van der Waals surface area contributed by atoms with Crippen LogP contribution in [0, 0.1) is 11.8 Å². The molecule has 2 fully saturated rings. The largest absolute Gasteiger partial charge is 0.383 e. The summed E-state index contributed by atoms with van der Waals surface area (Å²) in [6, 6.07) is 9.93. The molecule has 0 bridgehead atoms. The summed E-state index contributed by atoms with van der Waals surface area (Å²) in [6.07, 6.45) is 6.49. The van der Waals surface area contributed by atoms with E-state index in [1.54, 1.807) is 0 Å². The number of nitrogens with one attached hydrogen (secondary N) is 1. The van der Waals surface area contributed by atoms with Crippen molar-refractivity contribution in [2.45, 2.75) is 46.0 Å². The van der Waals surface area contributed by atoms with Crippen LogP contribution >= 0.6 is 0 Å². The van der Waals surface area contributed by atoms with Gasteiger partial charge in [-0.1, -0.05) is 56.1 Å². The fourth-order valence-corrected chi connectivity index (χ4v) is 6.49. The lowest BCUT2D eigenvalue weighted by molar-refractivity contribution is 0.104. The molecule has 2 aromatic carbocycles. The second-order valence-electron chi connectivity index (χ2n) is 11.0. The van der Waals surface area contributed by atoms with Crippen LogP contribution in [0.3, 0.4) is 0 Å². The third kappa shape index (κ3) is 4.12. The van der Waals surface area contributed by atoms with E-state index in [4.69, 9.17) is 4.52 Å². The number of carbonyl (C=O) groups is 1. The van der Waals surface area contributed by atoms with Crippen LogP contribution in [0.4, 0.5) is 11.4 Å². The lowest BCUT2D eigenvalue weighted by Gasteiger charge is -2.37. The number of rotatable bonds is 5. The Kier molecular flexibility index (Phi) is 6.01. The zero-order valence-corrected chi connectivity index (χ0v) is 21.0. The fourth-order valence-electron chi connectivity index (χ4n) is 6.49. The number of benzene rings is 2. The van der Waals surface area contributed by atoms with Gasteiger partial charge in [0.1, 0.15) is 5.52 Å². The number of hydrogen-bond donors (Lipinski definition) is 1. The van der Waals surface area contributed by atoms with Crippen LogP contribution in [-0.4, -0.2) is 55.1 Å². The average molecular weight is 473 g/mol. The highest BCUT2D eigenvalue weighted by molar-refractivity contribution is 6.28. The van der Waals surface area contributed by atoms with Crippen molar-refractivity contribution in [1.82, 2.24) is 10.1 Å². The maximum Gasteiger partial charge on any atom is 0.196 e. The van der Waals surface area contributed by atoms with E-state index < -0.39 is 0 Å². The number of hydrogen-bond acceptors (Lipinski definition) is 6. The fraction of sp³-hybridized carbons (Fsp3) is 0.517. The first-order valence-electron chi connectivity index (χ1n) is 13.4. The van der Waals surface area contributed by atoms with Crippen molar-refractivity contribution in [3.05, 3.63) is 41.5 Å². The van der Waals surface area contributed by atoms with E-state index in [1.807, 2.05) is 24.3 Å². The Balaban J connectivity index is 1.41. The number of nitrogens with zero attached hydrogens (tertiary/aromatic N) is 3. The van der Waals surface area contributed by atoms with Crippen molar-refractivity contribution in [3.63, 3.8) is 0 Å². The monoisotopic (exact) mass is 472 g/mol. The normalized spacial score (nSPS) is 22.8. The molecule has 0 radical (unpaired) electrons. The molecule has 2 aliphatic heterocycles. The Morgan fingerprint density at radius 2 is 1.74 bits per heavy atom. The van der Waals surface area contributed by atoms with Crippen molar-refractivity contribution in [2.75, 3.05) is 49.5 Å². The molecule has 1 aliphatic carbocycles. The molecule has 2 saturated heterocycles. The molecular formula is C29H36N4O2. The highest BCUT2D eigenvalue weighted by Gasteiger charge is 2.34. The van der Waals surface area contributed by atoms with Gasteiger partial charge in [-0.15, -0.1) is 0 Å². The number of anilines is 2. The van der Waals surface area contributed by atoms with Crippen LogP contribution in [-0.2, 0) is 0 Å². The van der Waals surface area contributed by atoms with Crippen molar-refractivity contribution >= 4 is 28.1 Å². The number of ketones is 1. The number of aromatic nitrogens is 1. The summed E-state index contributed by atoms with van der Waals surface area (Å²) in [5, 5.41) is 9.10. The molecule has 3 heterocycles. The second kappa shape index (κ2) is 9.30. The molecule has 184 valence electrons. The standard InChI is InChI=1S/C29H36N4O2/c1-19-15-20(2)18-33(17-19)24-16-23(30-11-14-32-12-7-3-4-8-13-32)25-26-27(24)31-35-29(26)22-10-6-5-9-21(22)28(25)34/h5-6,9-10,16,19-20,30H,3-4,7-8,11-15,17-18H2,1-2H3/t19-,20-/m0/s1. The van der Waals surface area contributed by atoms with Gasteiger partial charge in [-0.25, -0.2) is 0 Å². The Morgan fingerprint density at radius 1 is 1.03 bits per heavy atom. The summed E-state index contributed by atoms with van der Waals surface area (Å²) < 4.78 is 5.96. The summed E-state index contributed by atoms with van der Waals surface area (Å²) in [4.78, 5) is 18.8. The maximum absolute atomic E-state index is 13.8. The summed E-state index contributed by atoms with van der Waals surface area (Å²) >= 11 is 0. The first kappa shape index (κ1) is 22.6. The molecule has 6 heteroatoms. The SMILES string of the molecule is C[C@H]1C[C@H](C)CN(c2cc(NCCN3CCCCCC3)c3c4c(onc24)-c2ccccc2C3=O)C1. The summed E-state index contributed by atoms with van der Waals surface area (Å²) in [5.41, 5.74) is 5.07. The molecule has 0 unspecified atom stereocenters. The maximum atomic E-state index is 13.8. The van der Waals surface area contributed by atoms with Crippen LogP contribution in [0.25, 0.3) is 22.2 Å². The molecule has 3 aromatic rings. The van der Waals surface area contributed by atoms with Gasteiger partial charge in [0.05, 0.1) is 16.6 Å². The Morgan fingerprint density at radius 3 is 2.49 bits per heavy atom. The summed E-state index contributed by atoms with van der Waals surface area (Å²) in [7, 11) is 0. The molecule has 0 amide bonds. The Labute approximate surface area is 207 Å². The predicted molar refractivity (Wildman–Crippen MR) is 141 cm³/mol. The first-order chi connectivity index (χ1) is 17.1. The molecule has 1 aromatic heterocycles. The van der Waals surface area contributed by atoms with Gasteiger partial charge in [-0.2, -0.15) is 0 Å². The minimum atomic E-state index is 0.0607. The number of likely N-dealkylation sites (tertiary alicyclic amines) is 1. The topological polar surface area (TPSA) is 61.6 Å². The molecule has 2 atom stereocenters. The van der Waals surface area contributed by atoms with Crippen LogP contribution in [0.2, 0.25) is 0 Å². The molecule has 1 N–H and O–H groups in total. The van der Waals surface area contributed by atoms with E-state index in [0.29, 0.717) is 23.0 Å². The minimum Gasteiger partial charge on any atom is -0.383 e. The van der Waals surface area contributed by atoms with Gasteiger partial charge in [0, 0.05) is 43.0 Å². The van der Waals surface area contributed by atoms with Gasteiger partial charge in [-0.3, -0.25) is 4.79 Å². The van der Waals surface area contributed by atoms with Gasteiger partial charge >= 0.3 is 0 Å². The van der Waals surface area contributed by atoms with E-state index >= 15 is 0 Å². The van der Waals surface area contributed by atoms with Crippen molar-refractivity contribution in [2.24, 2.45) is 11.8 Å². The average Bonchev–Trinajstić information content (AvgIpc) is 3.12. The summed E-state index contributed by atoms with van der Waals surface area (Å²) in [5.74, 6) is 2.02. The van der Waals surface area contributed by atoms with E-state index in [0.717, 1.165) is 59.8 Å². The van der Waals surface area contributed by atoms with Crippen LogP contribution in [0.1, 0.15) is 61.9 Å². The lowest BCUT2D eigenvalue weighted by Crippen LogP contribution is -2.39. The Bertz CT molecular complexity index is 1230. The Hall–Kier alpha value is -2.86. The highest BCUT2D eigenvalue weighted by Crippen LogP contribution is 2.46. The lowest BCUT2D eigenvalue weighted by atomic mass is 9.85. The van der Waals surface area contributed by atoms with Crippen molar-refractivity contribution in [1.29, 1.82) is 0 Å². The second-order valence-corrected chi connectivity index (χ2v) is 11.0. The number of fused-ring (bicyclic) bond motifs is 2. The van der Waals surface area contributed by atoms with E-state index in [2.05, 4.69) is 40.2 Å². The zero-order chi connectivity index (χ0) is 23.9. The van der Waals surface area contributed by atoms with E-state index in [-0.39, 0.29) is 5.78 Å². The van der Waals surface area contributed by atoms with Crippen molar-refractivity contribution < 1.29 is 9.32 Å². The number of carbonyl (C=O) groups excluding carboxylic acids is 1. The quantitative estimate of drug-likeness (QED) is 0.396. The van der Waals surface area contributed by atoms with Gasteiger partial charge in [0.2, 0.25) is 0 Å². The molecule has 6 rings (SSSR count). The molecular weight excluding hydrogens is 436 g/mol. The molecule has 0 spiro atoms. The first-order valence-corrected chi connectivity index (χ1v) is 13.4. The third-order valence-corrected chi connectivity index (χ3v) is 8.03. The minimum absolute atomic E-state index is 0.0607. The van der Waals surface area contributed by atoms with Gasteiger partial charge < -0.3 is 19.6 Å². The van der Waals surface area contributed by atoms with Crippen LogP contribution in [0.15, 0.2) is 34.9 Å². The van der Waals surface area contributed by atoms with Gasteiger partial charge in [0.25, 0.3) is 0 Å². The van der Waals surface area contributed by atoms with Gasteiger partial charge in [-0.05, 0) is 50.3 Å². The molecule has 35 heavy (non-hydrogen) atoms. The molecule has 0 saturated carbocycles. The van der Waals surface area contributed by atoms with Crippen LogP contribution in [0.5, 0.6) is 0 Å². The van der Waals surface area contributed by atoms with Gasteiger partial charge in [0.15, 0.2) is 11.5 Å². The highest BCUT2D eigenvalue weighted by atomic mass is 16.5.